The molecule has 2 atom stereocenters. The lowest BCUT2D eigenvalue weighted by molar-refractivity contribution is -0.317. The van der Waals surface area contributed by atoms with Gasteiger partial charge in [0.1, 0.15) is 11.9 Å². The van der Waals surface area contributed by atoms with Gasteiger partial charge in [-0.05, 0) is 161 Å². The minimum absolute atomic E-state index is 0.0214. The second-order valence-corrected chi connectivity index (χ2v) is 19.5. The standard InChI is InChI=1S/C41H67ClN6O2/c1-37(2)24-30(25-38(3,4)47(37)49-33-16-11-9-12-17-33)20-21-31(28-41(22-15-23-45-41)35-43-29-44-36(42)46-35)32-26-39(5,6)48(40(7,8)27-32)50-34-18-13-10-14-19-34/h15,22-23,29-34H,9-14,16-21,24-28H2,1-8H3. The van der Waals surface area contributed by atoms with Crippen molar-refractivity contribution in [2.24, 2.45) is 22.7 Å². The maximum Gasteiger partial charge on any atom is 0.225 e. The number of allylic oxidation sites excluding steroid dienone is 1. The van der Waals surface area contributed by atoms with Gasteiger partial charge in [0.15, 0.2) is 5.82 Å². The molecule has 8 nitrogen and oxygen atoms in total. The number of hydroxylamine groups is 4. The van der Waals surface area contributed by atoms with Gasteiger partial charge in [-0.25, -0.2) is 9.97 Å². The zero-order valence-corrected chi connectivity index (χ0v) is 33.4. The summed E-state index contributed by atoms with van der Waals surface area (Å²) in [4.78, 5) is 32.3. The van der Waals surface area contributed by atoms with E-state index in [4.69, 9.17) is 26.3 Å². The molecular formula is C41H67ClN6O2. The number of aliphatic imine (C=N–C) groups is 1. The number of nitrogens with zero attached hydrogens (tertiary/aromatic N) is 6. The number of aromatic nitrogens is 3. The monoisotopic (exact) mass is 711 g/mol. The Bertz CT molecular complexity index is 1300. The molecule has 9 heteroatoms. The van der Waals surface area contributed by atoms with Crippen LogP contribution in [0.4, 0.5) is 0 Å². The zero-order valence-electron chi connectivity index (χ0n) is 32.6. The highest BCUT2D eigenvalue weighted by molar-refractivity contribution is 6.28. The van der Waals surface area contributed by atoms with Gasteiger partial charge in [0.05, 0.1) is 12.2 Å². The molecule has 0 aromatic carbocycles. The summed E-state index contributed by atoms with van der Waals surface area (Å²) in [6, 6.07) is 0. The van der Waals surface area contributed by atoms with Crippen molar-refractivity contribution in [2.45, 2.75) is 204 Å². The minimum atomic E-state index is -0.628. The van der Waals surface area contributed by atoms with E-state index in [2.05, 4.69) is 92.6 Å². The molecule has 2 saturated carbocycles. The molecule has 2 saturated heterocycles. The number of rotatable bonds is 11. The second-order valence-electron chi connectivity index (χ2n) is 19.2. The van der Waals surface area contributed by atoms with E-state index in [1.54, 1.807) is 0 Å². The largest absolute Gasteiger partial charge is 0.295 e. The fourth-order valence-electron chi connectivity index (χ4n) is 11.2. The van der Waals surface area contributed by atoms with Crippen LogP contribution in [0.5, 0.6) is 0 Å². The lowest BCUT2D eigenvalue weighted by atomic mass is 9.65. The minimum Gasteiger partial charge on any atom is -0.295 e. The summed E-state index contributed by atoms with van der Waals surface area (Å²) in [5.74, 6) is 2.19. The van der Waals surface area contributed by atoms with Crippen molar-refractivity contribution in [1.29, 1.82) is 0 Å². The maximum atomic E-state index is 6.93. The predicted octanol–water partition coefficient (Wildman–Crippen LogP) is 10.2. The summed E-state index contributed by atoms with van der Waals surface area (Å²) in [5.41, 5.74) is -0.853. The van der Waals surface area contributed by atoms with E-state index >= 15 is 0 Å². The zero-order chi connectivity index (χ0) is 35.8. The van der Waals surface area contributed by atoms with Crippen LogP contribution >= 0.6 is 11.6 Å². The van der Waals surface area contributed by atoms with E-state index in [-0.39, 0.29) is 27.4 Å². The quantitative estimate of drug-likeness (QED) is 0.226. The van der Waals surface area contributed by atoms with E-state index in [0.29, 0.717) is 35.8 Å². The van der Waals surface area contributed by atoms with Gasteiger partial charge in [-0.15, -0.1) is 0 Å². The van der Waals surface area contributed by atoms with Crippen LogP contribution in [0.2, 0.25) is 5.28 Å². The van der Waals surface area contributed by atoms with Gasteiger partial charge >= 0.3 is 0 Å². The van der Waals surface area contributed by atoms with Crippen molar-refractivity contribution >= 4 is 17.8 Å². The van der Waals surface area contributed by atoms with E-state index in [0.717, 1.165) is 38.5 Å². The van der Waals surface area contributed by atoms with Gasteiger partial charge in [0, 0.05) is 28.4 Å². The Hall–Kier alpha value is -1.45. The van der Waals surface area contributed by atoms with Crippen molar-refractivity contribution in [3.05, 3.63) is 29.6 Å². The molecule has 4 fully saturated rings. The average Bonchev–Trinajstić information content (AvgIpc) is 3.53. The molecule has 0 spiro atoms. The van der Waals surface area contributed by atoms with E-state index in [9.17, 15) is 0 Å². The van der Waals surface area contributed by atoms with E-state index in [1.165, 1.54) is 77.0 Å². The third-order valence-corrected chi connectivity index (χ3v) is 13.0. The molecule has 50 heavy (non-hydrogen) atoms. The summed E-state index contributed by atoms with van der Waals surface area (Å²) in [5, 5.41) is 5.05. The van der Waals surface area contributed by atoms with Crippen molar-refractivity contribution < 1.29 is 9.68 Å². The molecule has 1 aromatic heterocycles. The molecule has 4 heterocycles. The third-order valence-electron chi connectivity index (χ3n) is 12.8. The predicted molar refractivity (Wildman–Crippen MR) is 203 cm³/mol. The molecule has 1 aromatic rings. The Labute approximate surface area is 308 Å². The molecule has 280 valence electrons. The lowest BCUT2D eigenvalue weighted by Gasteiger charge is -2.57. The molecule has 5 aliphatic rings. The van der Waals surface area contributed by atoms with Gasteiger partial charge in [0.2, 0.25) is 5.28 Å². The number of hydrogen-bond donors (Lipinski definition) is 0. The molecule has 0 N–H and O–H groups in total. The summed E-state index contributed by atoms with van der Waals surface area (Å²) in [7, 11) is 0. The average molecular weight is 711 g/mol. The fourth-order valence-corrected chi connectivity index (χ4v) is 11.3. The van der Waals surface area contributed by atoms with Gasteiger partial charge in [-0.2, -0.15) is 15.1 Å². The van der Waals surface area contributed by atoms with Crippen molar-refractivity contribution in [2.75, 3.05) is 0 Å². The van der Waals surface area contributed by atoms with Gasteiger partial charge in [-0.3, -0.25) is 14.7 Å². The molecule has 3 aliphatic heterocycles. The van der Waals surface area contributed by atoms with Crippen LogP contribution in [-0.4, -0.2) is 65.7 Å². The first-order valence-electron chi connectivity index (χ1n) is 20.1. The number of halogens is 1. The summed E-state index contributed by atoms with van der Waals surface area (Å²) in [6.45, 7) is 19.3. The van der Waals surface area contributed by atoms with Crippen molar-refractivity contribution in [3.63, 3.8) is 0 Å². The summed E-state index contributed by atoms with van der Waals surface area (Å²) >= 11 is 6.36. The topological polar surface area (TPSA) is 76.0 Å². The van der Waals surface area contributed by atoms with Crippen LogP contribution in [0.25, 0.3) is 0 Å². The molecule has 2 aliphatic carbocycles. The van der Waals surface area contributed by atoms with Gasteiger partial charge < -0.3 is 0 Å². The Balaban J connectivity index is 1.23. The Morgan fingerprint density at radius 1 is 0.740 bits per heavy atom. The van der Waals surface area contributed by atoms with Gasteiger partial charge in [0.25, 0.3) is 0 Å². The van der Waals surface area contributed by atoms with E-state index < -0.39 is 5.54 Å². The third kappa shape index (κ3) is 8.67. The number of piperidine rings is 2. The van der Waals surface area contributed by atoms with Crippen LogP contribution < -0.4 is 0 Å². The molecule has 0 radical (unpaired) electrons. The lowest BCUT2D eigenvalue weighted by Crippen LogP contribution is -2.62. The normalized spacial score (nSPS) is 30.2. The first kappa shape index (κ1) is 38.3. The maximum absolute atomic E-state index is 6.93. The molecular weight excluding hydrogens is 644 g/mol. The van der Waals surface area contributed by atoms with Crippen LogP contribution in [0.15, 0.2) is 23.5 Å². The Morgan fingerprint density at radius 3 is 1.74 bits per heavy atom. The Kier molecular flexibility index (Phi) is 11.6. The van der Waals surface area contributed by atoms with Crippen molar-refractivity contribution in [1.82, 2.24) is 25.1 Å². The highest BCUT2D eigenvalue weighted by Gasteiger charge is 2.52. The second kappa shape index (κ2) is 15.1. The molecule has 2 unspecified atom stereocenters. The summed E-state index contributed by atoms with van der Waals surface area (Å²) in [6.07, 6.45) is 28.6. The van der Waals surface area contributed by atoms with E-state index in [1.807, 2.05) is 6.21 Å². The van der Waals surface area contributed by atoms with Crippen LogP contribution in [-0.2, 0) is 15.2 Å². The Morgan fingerprint density at radius 2 is 1.26 bits per heavy atom. The first-order valence-corrected chi connectivity index (χ1v) is 20.5. The highest BCUT2D eigenvalue weighted by atomic mass is 35.5. The van der Waals surface area contributed by atoms with Crippen molar-refractivity contribution in [3.8, 4) is 0 Å². The van der Waals surface area contributed by atoms with Crippen LogP contribution in [0.1, 0.15) is 170 Å². The summed E-state index contributed by atoms with van der Waals surface area (Å²) < 4.78 is 0. The highest BCUT2D eigenvalue weighted by Crippen LogP contribution is 2.51. The molecule has 6 rings (SSSR count). The number of hydrogen-bond acceptors (Lipinski definition) is 8. The molecule has 0 bridgehead atoms. The van der Waals surface area contributed by atoms with Crippen LogP contribution in [0.3, 0.4) is 0 Å². The first-order chi connectivity index (χ1) is 23.6. The van der Waals surface area contributed by atoms with Gasteiger partial charge in [-0.1, -0.05) is 44.9 Å². The van der Waals surface area contributed by atoms with Crippen LogP contribution in [0, 0.1) is 17.8 Å². The SMILES string of the molecule is CC1(C)CC(CCC(CC2(c3ncnc(Cl)n3)C=CC=N2)C2CC(C)(C)N(OC3CCCCC3)C(C)(C)C2)CC(C)(C)N1OC1CCCCC1. The fraction of sp³-hybridized carbons (Fsp3) is 0.854. The smallest absolute Gasteiger partial charge is 0.225 e. The molecule has 0 amide bonds.